The molecule has 3 rings (SSSR count). The van der Waals surface area contributed by atoms with Crippen molar-refractivity contribution in [2.24, 2.45) is 0 Å². The normalized spacial score (nSPS) is 21.2. The summed E-state index contributed by atoms with van der Waals surface area (Å²) < 4.78 is 0. The predicted octanol–water partition coefficient (Wildman–Crippen LogP) is 0.143. The number of carbonyl (C=O) groups is 2. The highest BCUT2D eigenvalue weighted by molar-refractivity contribution is 5.91. The maximum atomic E-state index is 11.3. The van der Waals surface area contributed by atoms with Crippen LogP contribution in [-0.2, 0) is 0 Å². The van der Waals surface area contributed by atoms with Crippen LogP contribution in [0.2, 0.25) is 0 Å². The molecule has 2 amide bonds. The van der Waals surface area contributed by atoms with Crippen molar-refractivity contribution in [3.8, 4) is 0 Å². The number of amides is 2. The van der Waals surface area contributed by atoms with E-state index in [1.54, 1.807) is 6.07 Å². The maximum absolute atomic E-state index is 11.3. The highest BCUT2D eigenvalue weighted by Crippen LogP contribution is 2.34. The fourth-order valence-corrected chi connectivity index (χ4v) is 2.70. The number of rotatable bonds is 0. The summed E-state index contributed by atoms with van der Waals surface area (Å²) in [6, 6.07) is 1.51. The van der Waals surface area contributed by atoms with E-state index in [1.165, 1.54) is 11.1 Å². The fourth-order valence-electron chi connectivity index (χ4n) is 2.70. The predicted molar refractivity (Wildman–Crippen MR) is 68.1 cm³/mol. The number of hydrogen-bond donors (Lipinski definition) is 2. The Bertz CT molecular complexity index is 565. The second-order valence-electron chi connectivity index (χ2n) is 4.71. The second kappa shape index (κ2) is 4.51. The molecule has 1 fully saturated rings. The van der Waals surface area contributed by atoms with Crippen LogP contribution >= 0.6 is 0 Å². The Labute approximate surface area is 114 Å². The van der Waals surface area contributed by atoms with E-state index in [9.17, 15) is 14.7 Å². The topological polar surface area (TPSA) is 110 Å². The number of nitrogens with zero attached hydrogens (tertiary/aromatic N) is 5. The van der Waals surface area contributed by atoms with E-state index >= 15 is 0 Å². The van der Waals surface area contributed by atoms with Crippen LogP contribution in [0.4, 0.5) is 21.1 Å². The van der Waals surface area contributed by atoms with Crippen LogP contribution in [0.15, 0.2) is 12.3 Å². The van der Waals surface area contributed by atoms with Gasteiger partial charge in [-0.1, -0.05) is 0 Å². The van der Waals surface area contributed by atoms with Crippen LogP contribution in [0, 0.1) is 0 Å². The molecule has 0 saturated carbocycles. The summed E-state index contributed by atoms with van der Waals surface area (Å²) in [5.74, 6) is 0.306. The van der Waals surface area contributed by atoms with Gasteiger partial charge in [0.1, 0.15) is 0 Å². The molecule has 1 aromatic rings. The first-order valence-corrected chi connectivity index (χ1v) is 6.14. The van der Waals surface area contributed by atoms with Gasteiger partial charge in [-0.2, -0.15) is 5.10 Å². The number of anilines is 2. The van der Waals surface area contributed by atoms with Gasteiger partial charge in [0, 0.05) is 19.6 Å². The molecule has 3 heterocycles. The Morgan fingerprint density at radius 3 is 2.70 bits per heavy atom. The molecule has 1 saturated heterocycles. The second-order valence-corrected chi connectivity index (χ2v) is 4.71. The van der Waals surface area contributed by atoms with Gasteiger partial charge in [0.05, 0.1) is 24.5 Å². The lowest BCUT2D eigenvalue weighted by Gasteiger charge is -2.46. The average molecular weight is 279 g/mol. The summed E-state index contributed by atoms with van der Waals surface area (Å²) >= 11 is 0. The Hall–Kier alpha value is -2.58. The first-order valence-electron chi connectivity index (χ1n) is 6.14. The molecule has 1 atom stereocenters. The van der Waals surface area contributed by atoms with Crippen LogP contribution in [0.5, 0.6) is 0 Å². The van der Waals surface area contributed by atoms with Gasteiger partial charge in [0.2, 0.25) is 0 Å². The molecule has 1 unspecified atom stereocenters. The molecule has 0 radical (unpaired) electrons. The average Bonchev–Trinajstić information content (AvgIpc) is 2.45. The summed E-state index contributed by atoms with van der Waals surface area (Å²) in [7, 11) is 0. The summed E-state index contributed by atoms with van der Waals surface area (Å²) in [4.78, 5) is 26.8. The maximum Gasteiger partial charge on any atom is 0.413 e. The highest BCUT2D eigenvalue weighted by atomic mass is 16.4. The largest absolute Gasteiger partial charge is 0.465 e. The Morgan fingerprint density at radius 2 is 2.00 bits per heavy atom. The number of aromatic nitrogens is 2. The van der Waals surface area contributed by atoms with Gasteiger partial charge in [-0.15, -0.1) is 5.10 Å². The molecule has 1 aromatic heterocycles. The number of fused-ring (bicyclic) bond motifs is 3. The van der Waals surface area contributed by atoms with Crippen molar-refractivity contribution in [2.75, 3.05) is 36.0 Å². The van der Waals surface area contributed by atoms with E-state index in [0.29, 0.717) is 24.6 Å². The summed E-state index contributed by atoms with van der Waals surface area (Å²) in [5.41, 5.74) is 0.684. The van der Waals surface area contributed by atoms with Crippen molar-refractivity contribution >= 4 is 23.7 Å². The van der Waals surface area contributed by atoms with Crippen molar-refractivity contribution in [3.05, 3.63) is 12.3 Å². The molecule has 20 heavy (non-hydrogen) atoms. The van der Waals surface area contributed by atoms with Crippen molar-refractivity contribution in [1.82, 2.24) is 15.1 Å². The molecular formula is C11H13N5O4. The van der Waals surface area contributed by atoms with Gasteiger partial charge in [0.15, 0.2) is 5.82 Å². The van der Waals surface area contributed by atoms with Crippen molar-refractivity contribution in [2.45, 2.75) is 6.04 Å². The fraction of sp³-hybridized carbons (Fsp3) is 0.455. The lowest BCUT2D eigenvalue weighted by Crippen LogP contribution is -2.61. The lowest BCUT2D eigenvalue weighted by molar-refractivity contribution is 0.134. The van der Waals surface area contributed by atoms with Crippen LogP contribution < -0.4 is 9.80 Å². The van der Waals surface area contributed by atoms with Crippen LogP contribution in [0.3, 0.4) is 0 Å². The third kappa shape index (κ3) is 1.87. The molecule has 2 aliphatic heterocycles. The van der Waals surface area contributed by atoms with Crippen molar-refractivity contribution in [3.63, 3.8) is 0 Å². The minimum atomic E-state index is -1.11. The molecule has 106 valence electrons. The number of carboxylic acid groups (broad SMARTS) is 2. The quantitative estimate of drug-likeness (QED) is 0.695. The van der Waals surface area contributed by atoms with E-state index in [0.717, 1.165) is 4.90 Å². The van der Waals surface area contributed by atoms with Crippen LogP contribution in [-0.4, -0.2) is 69.7 Å². The highest BCUT2D eigenvalue weighted by Gasteiger charge is 2.39. The van der Waals surface area contributed by atoms with Gasteiger partial charge < -0.3 is 20.0 Å². The summed E-state index contributed by atoms with van der Waals surface area (Å²) in [6.07, 6.45) is -0.589. The molecule has 9 heteroatoms. The van der Waals surface area contributed by atoms with Crippen LogP contribution in [0.25, 0.3) is 0 Å². The molecule has 0 bridgehead atoms. The SMILES string of the molecule is O=C(O)N1CCN2c3ccnnc3N(C(=O)O)CC2C1. The lowest BCUT2D eigenvalue weighted by atomic mass is 10.1. The Balaban J connectivity index is 1.95. The van der Waals surface area contributed by atoms with Crippen molar-refractivity contribution < 1.29 is 19.8 Å². The minimum Gasteiger partial charge on any atom is -0.465 e. The van der Waals surface area contributed by atoms with Gasteiger partial charge in [0.25, 0.3) is 0 Å². The monoisotopic (exact) mass is 279 g/mol. The molecular weight excluding hydrogens is 266 g/mol. The Kier molecular flexibility index (Phi) is 2.81. The molecule has 9 nitrogen and oxygen atoms in total. The minimum absolute atomic E-state index is 0.185. The molecule has 0 spiro atoms. The van der Waals surface area contributed by atoms with Gasteiger partial charge in [-0.25, -0.2) is 9.59 Å². The van der Waals surface area contributed by atoms with Gasteiger partial charge in [-0.3, -0.25) is 4.90 Å². The molecule has 2 N–H and O–H groups in total. The van der Waals surface area contributed by atoms with E-state index in [1.807, 2.05) is 4.90 Å². The summed E-state index contributed by atoms with van der Waals surface area (Å²) in [5, 5.41) is 25.9. The van der Waals surface area contributed by atoms with Crippen molar-refractivity contribution in [1.29, 1.82) is 0 Å². The van der Waals surface area contributed by atoms with E-state index < -0.39 is 12.2 Å². The van der Waals surface area contributed by atoms with Crippen LogP contribution in [0.1, 0.15) is 0 Å². The molecule has 2 aliphatic rings. The zero-order valence-corrected chi connectivity index (χ0v) is 10.5. The van der Waals surface area contributed by atoms with Gasteiger partial charge in [-0.05, 0) is 6.07 Å². The first kappa shape index (κ1) is 12.5. The summed E-state index contributed by atoms with van der Waals surface area (Å²) in [6.45, 7) is 1.37. The molecule has 0 aliphatic carbocycles. The van der Waals surface area contributed by atoms with E-state index in [-0.39, 0.29) is 19.1 Å². The number of piperazine rings is 1. The zero-order valence-electron chi connectivity index (χ0n) is 10.5. The molecule has 0 aromatic carbocycles. The third-order valence-corrected chi connectivity index (χ3v) is 3.62. The Morgan fingerprint density at radius 1 is 1.20 bits per heavy atom. The zero-order chi connectivity index (χ0) is 14.3. The first-order chi connectivity index (χ1) is 9.58. The van der Waals surface area contributed by atoms with Gasteiger partial charge >= 0.3 is 12.2 Å². The third-order valence-electron chi connectivity index (χ3n) is 3.62. The van der Waals surface area contributed by atoms with E-state index in [2.05, 4.69) is 10.2 Å². The number of hydrogen-bond acceptors (Lipinski definition) is 5. The van der Waals surface area contributed by atoms with E-state index in [4.69, 9.17) is 5.11 Å². The standard InChI is InChI=1S/C11H13N5O4/c17-10(18)14-3-4-15-7(5-14)6-16(11(19)20)9-8(15)1-2-12-13-9/h1-2,7H,3-6H2,(H,17,18)(H,19,20). The smallest absolute Gasteiger partial charge is 0.413 e.